The normalized spacial score (nSPS) is 12.1. The largest absolute Gasteiger partial charge is 0.240 e. The first-order valence-corrected chi connectivity index (χ1v) is 8.46. The highest BCUT2D eigenvalue weighted by molar-refractivity contribution is 7.90. The highest BCUT2D eigenvalue weighted by Crippen LogP contribution is 2.14. The minimum absolute atomic E-state index is 0.308. The van der Waals surface area contributed by atoms with E-state index in [2.05, 4.69) is 4.72 Å². The van der Waals surface area contributed by atoms with E-state index in [0.29, 0.717) is 0 Å². The summed E-state index contributed by atoms with van der Waals surface area (Å²) in [6.07, 6.45) is 0. The Hall–Kier alpha value is -1.54. The first kappa shape index (κ1) is 16.5. The highest BCUT2D eigenvalue weighted by atomic mass is 32.2. The molecule has 20 heavy (non-hydrogen) atoms. The van der Waals surface area contributed by atoms with Crippen molar-refractivity contribution < 1.29 is 21.2 Å². The molecule has 0 heterocycles. The second kappa shape index (κ2) is 6.27. The fraction of sp³-hybridized carbons (Fsp3) is 0.300. The summed E-state index contributed by atoms with van der Waals surface area (Å²) in [6, 6.07) is 4.25. The maximum atomic E-state index is 13.1. The Balaban J connectivity index is 2.88. The maximum Gasteiger partial charge on any atom is 0.240 e. The molecule has 0 aromatic heterocycles. The van der Waals surface area contributed by atoms with Gasteiger partial charge in [-0.25, -0.2) is 30.7 Å². The molecule has 1 rings (SSSR count). The Morgan fingerprint density at radius 1 is 1.30 bits per heavy atom. The van der Waals surface area contributed by atoms with Gasteiger partial charge in [0.2, 0.25) is 20.0 Å². The lowest BCUT2D eigenvalue weighted by Crippen LogP contribution is -2.33. The molecule has 0 atom stereocenters. The Labute approximate surface area is 116 Å². The van der Waals surface area contributed by atoms with Crippen molar-refractivity contribution in [2.75, 3.05) is 19.3 Å². The molecule has 0 radical (unpaired) electrons. The molecule has 0 amide bonds. The summed E-state index contributed by atoms with van der Waals surface area (Å²) < 4.78 is 63.1. The first-order valence-electron chi connectivity index (χ1n) is 5.32. The number of rotatable bonds is 6. The van der Waals surface area contributed by atoms with Gasteiger partial charge in [-0.1, -0.05) is 0 Å². The Morgan fingerprint density at radius 3 is 2.50 bits per heavy atom. The van der Waals surface area contributed by atoms with Gasteiger partial charge < -0.3 is 0 Å². The summed E-state index contributed by atoms with van der Waals surface area (Å²) in [5, 5.41) is 8.63. The fourth-order valence-corrected chi connectivity index (χ4v) is 3.01. The Bertz CT molecular complexity index is 738. The number of nitrogens with one attached hydrogen (secondary N) is 2. The monoisotopic (exact) mass is 321 g/mol. The van der Waals surface area contributed by atoms with Crippen molar-refractivity contribution in [2.24, 2.45) is 0 Å². The topological polar surface area (TPSA) is 116 Å². The van der Waals surface area contributed by atoms with Crippen molar-refractivity contribution in [1.29, 1.82) is 5.26 Å². The molecular formula is C10H12FN3O4S2. The molecular weight excluding hydrogens is 309 g/mol. The van der Waals surface area contributed by atoms with E-state index in [1.165, 1.54) is 13.1 Å². The van der Waals surface area contributed by atoms with Crippen LogP contribution in [0.25, 0.3) is 0 Å². The lowest BCUT2D eigenvalue weighted by atomic mass is 10.2. The van der Waals surface area contributed by atoms with Crippen LogP contribution in [0.5, 0.6) is 0 Å². The summed E-state index contributed by atoms with van der Waals surface area (Å²) in [4.78, 5) is -0.308. The zero-order valence-electron chi connectivity index (χ0n) is 10.4. The number of sulfonamides is 2. The molecule has 10 heteroatoms. The highest BCUT2D eigenvalue weighted by Gasteiger charge is 2.17. The number of benzene rings is 1. The number of hydrogen-bond acceptors (Lipinski definition) is 5. The zero-order chi connectivity index (χ0) is 15.4. The minimum atomic E-state index is -4.00. The molecule has 2 N–H and O–H groups in total. The summed E-state index contributed by atoms with van der Waals surface area (Å²) in [6.45, 7) is -0.342. The van der Waals surface area contributed by atoms with Crippen LogP contribution in [0.2, 0.25) is 0 Å². The molecule has 0 saturated heterocycles. The molecule has 0 bridgehead atoms. The van der Waals surface area contributed by atoms with Crippen molar-refractivity contribution in [3.63, 3.8) is 0 Å². The quantitative estimate of drug-likeness (QED) is 0.734. The maximum absolute atomic E-state index is 13.1. The third-order valence-corrected chi connectivity index (χ3v) is 5.16. The lowest BCUT2D eigenvalue weighted by Gasteiger charge is -2.07. The van der Waals surface area contributed by atoms with Crippen LogP contribution in [0.4, 0.5) is 4.39 Å². The van der Waals surface area contributed by atoms with Crippen molar-refractivity contribution in [3.05, 3.63) is 29.6 Å². The average molecular weight is 321 g/mol. The van der Waals surface area contributed by atoms with Gasteiger partial charge in [-0.3, -0.25) is 0 Å². The summed E-state index contributed by atoms with van der Waals surface area (Å²) in [5.74, 6) is -1.26. The SMILES string of the molecule is CNS(=O)(=O)CCNS(=O)(=O)c1ccc(F)c(C#N)c1. The van der Waals surface area contributed by atoms with Gasteiger partial charge in [0.1, 0.15) is 11.9 Å². The van der Waals surface area contributed by atoms with Crippen LogP contribution < -0.4 is 9.44 Å². The van der Waals surface area contributed by atoms with Crippen molar-refractivity contribution >= 4 is 20.0 Å². The number of nitrogens with zero attached hydrogens (tertiary/aromatic N) is 1. The standard InChI is InChI=1S/C10H12FN3O4S2/c1-13-19(15,16)5-4-14-20(17,18)9-2-3-10(11)8(6-9)7-12/h2-3,6,13-14H,4-5H2,1H3. The van der Waals surface area contributed by atoms with Gasteiger partial charge in [-0.05, 0) is 25.2 Å². The smallest absolute Gasteiger partial charge is 0.218 e. The van der Waals surface area contributed by atoms with E-state index >= 15 is 0 Å². The number of hydrogen-bond donors (Lipinski definition) is 2. The van der Waals surface area contributed by atoms with Crippen molar-refractivity contribution in [2.45, 2.75) is 4.90 Å². The van der Waals surface area contributed by atoms with Gasteiger partial charge in [0, 0.05) is 6.54 Å². The predicted molar refractivity (Wildman–Crippen MR) is 69.2 cm³/mol. The Kier molecular flexibility index (Phi) is 5.18. The predicted octanol–water partition coefficient (Wildman–Crippen LogP) is -0.475. The lowest BCUT2D eigenvalue weighted by molar-refractivity contribution is 0.578. The van der Waals surface area contributed by atoms with Crippen LogP contribution in [0.3, 0.4) is 0 Å². The van der Waals surface area contributed by atoms with Crippen LogP contribution in [-0.2, 0) is 20.0 Å². The molecule has 1 aromatic rings. The van der Waals surface area contributed by atoms with E-state index in [-0.39, 0.29) is 11.4 Å². The van der Waals surface area contributed by atoms with Crippen LogP contribution in [0, 0.1) is 17.1 Å². The van der Waals surface area contributed by atoms with E-state index < -0.39 is 37.2 Å². The van der Waals surface area contributed by atoms with Crippen LogP contribution in [0.1, 0.15) is 5.56 Å². The average Bonchev–Trinajstić information content (AvgIpc) is 2.38. The summed E-state index contributed by atoms with van der Waals surface area (Å²) >= 11 is 0. The summed E-state index contributed by atoms with van der Waals surface area (Å²) in [5.41, 5.74) is -0.407. The first-order chi connectivity index (χ1) is 9.22. The summed E-state index contributed by atoms with van der Waals surface area (Å²) in [7, 11) is -6.32. The Morgan fingerprint density at radius 2 is 1.95 bits per heavy atom. The third-order valence-electron chi connectivity index (χ3n) is 2.34. The van der Waals surface area contributed by atoms with Gasteiger partial charge >= 0.3 is 0 Å². The van der Waals surface area contributed by atoms with Gasteiger partial charge in [0.05, 0.1) is 16.2 Å². The third kappa shape index (κ3) is 4.24. The van der Waals surface area contributed by atoms with Crippen LogP contribution >= 0.6 is 0 Å². The van der Waals surface area contributed by atoms with Gasteiger partial charge in [-0.2, -0.15) is 5.26 Å². The van der Waals surface area contributed by atoms with Gasteiger partial charge in [0.15, 0.2) is 0 Å². The van der Waals surface area contributed by atoms with Crippen molar-refractivity contribution in [3.8, 4) is 6.07 Å². The second-order valence-corrected chi connectivity index (χ2v) is 7.49. The molecule has 0 aliphatic heterocycles. The molecule has 0 fully saturated rings. The minimum Gasteiger partial charge on any atom is -0.218 e. The molecule has 0 aliphatic rings. The second-order valence-electron chi connectivity index (χ2n) is 3.67. The van der Waals surface area contributed by atoms with Gasteiger partial charge in [0.25, 0.3) is 0 Å². The number of nitriles is 1. The molecule has 7 nitrogen and oxygen atoms in total. The van der Waals surface area contributed by atoms with Crippen LogP contribution in [-0.4, -0.2) is 36.2 Å². The van der Waals surface area contributed by atoms with Gasteiger partial charge in [-0.15, -0.1) is 0 Å². The molecule has 110 valence electrons. The van der Waals surface area contributed by atoms with Crippen molar-refractivity contribution in [1.82, 2.24) is 9.44 Å². The number of halogens is 1. The van der Waals surface area contributed by atoms with E-state index in [0.717, 1.165) is 18.2 Å². The molecule has 0 spiro atoms. The van der Waals surface area contributed by atoms with E-state index in [1.807, 2.05) is 4.72 Å². The fourth-order valence-electron chi connectivity index (χ4n) is 1.25. The molecule has 0 unspecified atom stereocenters. The van der Waals surface area contributed by atoms with E-state index in [4.69, 9.17) is 5.26 Å². The van der Waals surface area contributed by atoms with E-state index in [1.54, 1.807) is 0 Å². The molecule has 0 saturated carbocycles. The molecule has 0 aliphatic carbocycles. The molecule has 1 aromatic carbocycles. The van der Waals surface area contributed by atoms with E-state index in [9.17, 15) is 21.2 Å². The van der Waals surface area contributed by atoms with Crippen LogP contribution in [0.15, 0.2) is 23.1 Å². The zero-order valence-corrected chi connectivity index (χ0v) is 12.1.